The van der Waals surface area contributed by atoms with Gasteiger partial charge in [-0.05, 0) is 24.5 Å². The number of para-hydroxylation sites is 1. The topological polar surface area (TPSA) is 26.3 Å². The number of carbonyl (C=O) groups is 1. The molecule has 0 aromatic heterocycles. The van der Waals surface area contributed by atoms with E-state index < -0.39 is 0 Å². The quantitative estimate of drug-likeness (QED) is 0.403. The van der Waals surface area contributed by atoms with Crippen LogP contribution in [0.15, 0.2) is 24.3 Å². The zero-order chi connectivity index (χ0) is 12.5. The molecule has 0 amide bonds. The van der Waals surface area contributed by atoms with E-state index in [-0.39, 0.29) is 5.97 Å². The van der Waals surface area contributed by atoms with Crippen LogP contribution in [0.5, 0.6) is 5.75 Å². The van der Waals surface area contributed by atoms with Gasteiger partial charge in [0.15, 0.2) is 0 Å². The molecule has 0 unspecified atom stereocenters. The second-order valence-electron chi connectivity index (χ2n) is 4.25. The molecule has 0 atom stereocenters. The van der Waals surface area contributed by atoms with Crippen LogP contribution < -0.4 is 4.74 Å². The number of esters is 1. The third-order valence-corrected chi connectivity index (χ3v) is 2.81. The van der Waals surface area contributed by atoms with Crippen LogP contribution in [0.2, 0.25) is 0 Å². The molecule has 2 heteroatoms. The van der Waals surface area contributed by atoms with Gasteiger partial charge in [0.05, 0.1) is 0 Å². The van der Waals surface area contributed by atoms with E-state index in [1.807, 2.05) is 24.3 Å². The number of hydrogen-bond donors (Lipinski definition) is 0. The second kappa shape index (κ2) is 7.88. The standard InChI is InChI=1S/C15H22O2/c1-3-5-6-7-12-15(16)17-14-11-9-8-10-13(14)4-2/h8-11H,3-7,12H2,1-2H3. The molecular formula is C15H22O2. The van der Waals surface area contributed by atoms with Crippen molar-refractivity contribution in [2.75, 3.05) is 0 Å². The summed E-state index contributed by atoms with van der Waals surface area (Å²) in [6.45, 7) is 4.23. The van der Waals surface area contributed by atoms with Crippen LogP contribution in [0.3, 0.4) is 0 Å². The molecule has 2 nitrogen and oxygen atoms in total. The first-order valence-corrected chi connectivity index (χ1v) is 6.56. The van der Waals surface area contributed by atoms with E-state index in [9.17, 15) is 4.79 Å². The van der Waals surface area contributed by atoms with E-state index in [0.717, 1.165) is 30.6 Å². The summed E-state index contributed by atoms with van der Waals surface area (Å²) in [4.78, 5) is 11.6. The minimum absolute atomic E-state index is 0.109. The normalized spacial score (nSPS) is 10.2. The van der Waals surface area contributed by atoms with Crippen molar-refractivity contribution in [3.8, 4) is 5.75 Å². The number of aryl methyl sites for hydroxylation is 1. The highest BCUT2D eigenvalue weighted by Crippen LogP contribution is 2.19. The summed E-state index contributed by atoms with van der Waals surface area (Å²) in [5.74, 6) is 0.609. The van der Waals surface area contributed by atoms with Crippen LogP contribution in [0.1, 0.15) is 51.5 Å². The van der Waals surface area contributed by atoms with E-state index in [1.54, 1.807) is 0 Å². The monoisotopic (exact) mass is 234 g/mol. The predicted octanol–water partition coefficient (Wildman–Crippen LogP) is 4.12. The van der Waals surface area contributed by atoms with Crippen molar-refractivity contribution in [1.29, 1.82) is 0 Å². The molecule has 0 radical (unpaired) electrons. The van der Waals surface area contributed by atoms with Crippen LogP contribution in [-0.2, 0) is 11.2 Å². The van der Waals surface area contributed by atoms with Crippen LogP contribution in [0.4, 0.5) is 0 Å². The first-order valence-electron chi connectivity index (χ1n) is 6.56. The maximum absolute atomic E-state index is 11.6. The average molecular weight is 234 g/mol. The molecule has 1 aromatic rings. The summed E-state index contributed by atoms with van der Waals surface area (Å²) in [5, 5.41) is 0. The van der Waals surface area contributed by atoms with Crippen molar-refractivity contribution in [2.24, 2.45) is 0 Å². The molecule has 17 heavy (non-hydrogen) atoms. The minimum atomic E-state index is -0.109. The molecule has 0 bridgehead atoms. The first-order chi connectivity index (χ1) is 8.27. The number of unbranched alkanes of at least 4 members (excludes halogenated alkanes) is 3. The Labute approximate surface area is 104 Å². The lowest BCUT2D eigenvalue weighted by Gasteiger charge is -2.08. The van der Waals surface area contributed by atoms with Gasteiger partial charge < -0.3 is 4.74 Å². The molecule has 0 N–H and O–H groups in total. The summed E-state index contributed by atoms with van der Waals surface area (Å²) in [5.41, 5.74) is 1.09. The number of rotatable bonds is 7. The van der Waals surface area contributed by atoms with E-state index in [0.29, 0.717) is 6.42 Å². The molecule has 0 heterocycles. The van der Waals surface area contributed by atoms with Gasteiger partial charge in [-0.25, -0.2) is 0 Å². The van der Waals surface area contributed by atoms with E-state index in [4.69, 9.17) is 4.74 Å². The Morgan fingerprint density at radius 1 is 1.12 bits per heavy atom. The van der Waals surface area contributed by atoms with Crippen LogP contribution >= 0.6 is 0 Å². The Balaban J connectivity index is 2.39. The molecule has 0 aliphatic carbocycles. The molecule has 0 spiro atoms. The molecule has 0 saturated carbocycles. The summed E-state index contributed by atoms with van der Waals surface area (Å²) in [6, 6.07) is 7.73. The zero-order valence-electron chi connectivity index (χ0n) is 10.9. The van der Waals surface area contributed by atoms with E-state index in [2.05, 4.69) is 13.8 Å². The molecule has 1 rings (SSSR count). The van der Waals surface area contributed by atoms with Crippen molar-refractivity contribution in [3.05, 3.63) is 29.8 Å². The van der Waals surface area contributed by atoms with Crippen LogP contribution in [-0.4, -0.2) is 5.97 Å². The highest BCUT2D eigenvalue weighted by molar-refractivity contribution is 5.72. The first kappa shape index (κ1) is 13.8. The van der Waals surface area contributed by atoms with E-state index >= 15 is 0 Å². The largest absolute Gasteiger partial charge is 0.426 e. The van der Waals surface area contributed by atoms with Gasteiger partial charge in [0.2, 0.25) is 0 Å². The number of carbonyl (C=O) groups excluding carboxylic acids is 1. The van der Waals surface area contributed by atoms with Gasteiger partial charge in [0.25, 0.3) is 0 Å². The Bertz CT molecular complexity index is 345. The third kappa shape index (κ3) is 5.03. The predicted molar refractivity (Wildman–Crippen MR) is 70.2 cm³/mol. The van der Waals surface area contributed by atoms with Gasteiger partial charge >= 0.3 is 5.97 Å². The molecular weight excluding hydrogens is 212 g/mol. The maximum Gasteiger partial charge on any atom is 0.311 e. The Hall–Kier alpha value is -1.31. The van der Waals surface area contributed by atoms with Gasteiger partial charge in [-0.15, -0.1) is 0 Å². The van der Waals surface area contributed by atoms with Crippen molar-refractivity contribution >= 4 is 5.97 Å². The average Bonchev–Trinajstić information content (AvgIpc) is 2.35. The van der Waals surface area contributed by atoms with Gasteiger partial charge in [-0.1, -0.05) is 51.3 Å². The summed E-state index contributed by atoms with van der Waals surface area (Å²) >= 11 is 0. The van der Waals surface area contributed by atoms with Gasteiger partial charge in [-0.2, -0.15) is 0 Å². The van der Waals surface area contributed by atoms with Crippen LogP contribution in [0, 0.1) is 0 Å². The molecule has 94 valence electrons. The molecule has 0 aliphatic rings. The lowest BCUT2D eigenvalue weighted by Crippen LogP contribution is -2.08. The number of benzene rings is 1. The van der Waals surface area contributed by atoms with Gasteiger partial charge in [0, 0.05) is 6.42 Å². The van der Waals surface area contributed by atoms with Crippen molar-refractivity contribution in [1.82, 2.24) is 0 Å². The smallest absolute Gasteiger partial charge is 0.311 e. The van der Waals surface area contributed by atoms with Gasteiger partial charge in [-0.3, -0.25) is 4.79 Å². The molecule has 0 fully saturated rings. The lowest BCUT2D eigenvalue weighted by molar-refractivity contribution is -0.134. The fourth-order valence-electron chi connectivity index (χ4n) is 1.77. The Kier molecular flexibility index (Phi) is 6.38. The van der Waals surface area contributed by atoms with E-state index in [1.165, 1.54) is 12.8 Å². The highest BCUT2D eigenvalue weighted by atomic mass is 16.5. The Morgan fingerprint density at radius 3 is 2.59 bits per heavy atom. The lowest BCUT2D eigenvalue weighted by atomic mass is 10.1. The maximum atomic E-state index is 11.6. The second-order valence-corrected chi connectivity index (χ2v) is 4.25. The van der Waals surface area contributed by atoms with Crippen molar-refractivity contribution in [2.45, 2.75) is 52.4 Å². The number of hydrogen-bond acceptors (Lipinski definition) is 2. The summed E-state index contributed by atoms with van der Waals surface area (Å²) in [6.07, 6.45) is 5.84. The van der Waals surface area contributed by atoms with Crippen LogP contribution in [0.25, 0.3) is 0 Å². The minimum Gasteiger partial charge on any atom is -0.426 e. The van der Waals surface area contributed by atoms with Crippen molar-refractivity contribution < 1.29 is 9.53 Å². The molecule has 1 aromatic carbocycles. The fourth-order valence-corrected chi connectivity index (χ4v) is 1.77. The Morgan fingerprint density at radius 2 is 1.88 bits per heavy atom. The number of ether oxygens (including phenoxy) is 1. The zero-order valence-corrected chi connectivity index (χ0v) is 10.9. The summed E-state index contributed by atoms with van der Waals surface area (Å²) < 4.78 is 5.38. The van der Waals surface area contributed by atoms with Crippen molar-refractivity contribution in [3.63, 3.8) is 0 Å². The van der Waals surface area contributed by atoms with Gasteiger partial charge in [0.1, 0.15) is 5.75 Å². The summed E-state index contributed by atoms with van der Waals surface area (Å²) in [7, 11) is 0. The SMILES string of the molecule is CCCCCCC(=O)Oc1ccccc1CC. The third-order valence-electron chi connectivity index (χ3n) is 2.81. The highest BCUT2D eigenvalue weighted by Gasteiger charge is 2.07. The molecule has 0 saturated heterocycles. The fraction of sp³-hybridized carbons (Fsp3) is 0.533. The molecule has 0 aliphatic heterocycles.